The summed E-state index contributed by atoms with van der Waals surface area (Å²) < 4.78 is 2.26. The van der Waals surface area contributed by atoms with Gasteiger partial charge in [0.1, 0.15) is 23.1 Å². The van der Waals surface area contributed by atoms with E-state index in [-0.39, 0.29) is 0 Å². The second kappa shape index (κ2) is 7.17. The van der Waals surface area contributed by atoms with Gasteiger partial charge in [-0.1, -0.05) is 12.1 Å². The van der Waals surface area contributed by atoms with Crippen LogP contribution in [-0.2, 0) is 6.54 Å². The van der Waals surface area contributed by atoms with Crippen LogP contribution in [0.4, 0.5) is 5.69 Å². The number of aromatic nitrogens is 4. The molecule has 1 unspecified atom stereocenters. The molecular formula is C22H26N6O. The van der Waals surface area contributed by atoms with Crippen LogP contribution < -0.4 is 5.73 Å². The van der Waals surface area contributed by atoms with Gasteiger partial charge in [0.15, 0.2) is 0 Å². The summed E-state index contributed by atoms with van der Waals surface area (Å²) in [6.07, 6.45) is 5.11. The highest BCUT2D eigenvalue weighted by Gasteiger charge is 2.27. The van der Waals surface area contributed by atoms with Crippen LogP contribution in [0.2, 0.25) is 0 Å². The zero-order valence-electron chi connectivity index (χ0n) is 16.5. The van der Waals surface area contributed by atoms with E-state index in [2.05, 4.69) is 31.6 Å². The van der Waals surface area contributed by atoms with Crippen molar-refractivity contribution in [3.8, 4) is 0 Å². The van der Waals surface area contributed by atoms with Crippen molar-refractivity contribution in [3.05, 3.63) is 54.1 Å². The van der Waals surface area contributed by atoms with Crippen molar-refractivity contribution >= 4 is 27.8 Å². The van der Waals surface area contributed by atoms with Gasteiger partial charge in [0.2, 0.25) is 0 Å². The number of anilines is 1. The average molecular weight is 390 g/mol. The third-order valence-electron chi connectivity index (χ3n) is 5.91. The molecule has 1 aromatic carbocycles. The number of aliphatic hydroxyl groups excluding tert-OH is 1. The van der Waals surface area contributed by atoms with Crippen molar-refractivity contribution in [1.82, 2.24) is 24.4 Å². The van der Waals surface area contributed by atoms with E-state index in [0.29, 0.717) is 6.04 Å². The zero-order chi connectivity index (χ0) is 20.0. The first-order valence-electron chi connectivity index (χ1n) is 10.2. The predicted octanol–water partition coefficient (Wildman–Crippen LogP) is 3.39. The van der Waals surface area contributed by atoms with Crippen LogP contribution in [0, 0.1) is 0 Å². The second-order valence-corrected chi connectivity index (χ2v) is 8.00. The van der Waals surface area contributed by atoms with Crippen LogP contribution in [0.3, 0.4) is 0 Å². The van der Waals surface area contributed by atoms with Gasteiger partial charge in [0.05, 0.1) is 11.7 Å². The van der Waals surface area contributed by atoms with Gasteiger partial charge in [-0.3, -0.25) is 4.90 Å². The highest BCUT2D eigenvalue weighted by Crippen LogP contribution is 2.34. The number of nitrogens with one attached hydrogen (secondary N) is 1. The van der Waals surface area contributed by atoms with Gasteiger partial charge in [0.25, 0.3) is 0 Å². The summed E-state index contributed by atoms with van der Waals surface area (Å²) in [5, 5.41) is 11.5. The van der Waals surface area contributed by atoms with Crippen molar-refractivity contribution in [3.63, 3.8) is 0 Å². The molecule has 7 nitrogen and oxygen atoms in total. The molecule has 0 aliphatic carbocycles. The number of aromatic amines is 1. The number of benzene rings is 1. The highest BCUT2D eigenvalue weighted by molar-refractivity contribution is 6.01. The smallest absolute Gasteiger partial charge is 0.139 e. The zero-order valence-corrected chi connectivity index (χ0v) is 16.5. The topological polar surface area (TPSA) is 96.0 Å². The Morgan fingerprint density at radius 1 is 1.28 bits per heavy atom. The lowest BCUT2D eigenvalue weighted by Gasteiger charge is -2.34. The Labute approximate surface area is 169 Å². The minimum Gasteiger partial charge on any atom is -0.399 e. The maximum absolute atomic E-state index is 10.4. The first kappa shape index (κ1) is 18.1. The Morgan fingerprint density at radius 3 is 2.86 bits per heavy atom. The van der Waals surface area contributed by atoms with Crippen LogP contribution in [-0.4, -0.2) is 42.6 Å². The molecule has 0 amide bonds. The number of H-pyrrole nitrogens is 1. The lowest BCUT2D eigenvalue weighted by molar-refractivity contribution is 0.157. The molecule has 5 rings (SSSR count). The number of piperidine rings is 1. The van der Waals surface area contributed by atoms with Crippen molar-refractivity contribution in [2.45, 2.75) is 38.5 Å². The third-order valence-corrected chi connectivity index (χ3v) is 5.91. The molecule has 1 fully saturated rings. The molecule has 1 aliphatic rings. The van der Waals surface area contributed by atoms with E-state index in [1.54, 1.807) is 13.1 Å². The van der Waals surface area contributed by atoms with Crippen molar-refractivity contribution in [2.75, 3.05) is 18.8 Å². The molecule has 150 valence electrons. The van der Waals surface area contributed by atoms with Crippen LogP contribution in [0.15, 0.2) is 42.7 Å². The molecule has 1 atom stereocenters. The Bertz CT molecular complexity index is 1150. The molecule has 29 heavy (non-hydrogen) atoms. The highest BCUT2D eigenvalue weighted by atomic mass is 16.3. The van der Waals surface area contributed by atoms with Gasteiger partial charge in [-0.2, -0.15) is 0 Å². The number of fused-ring (bicyclic) bond motifs is 3. The van der Waals surface area contributed by atoms with Crippen LogP contribution in [0.1, 0.15) is 43.3 Å². The lowest BCUT2D eigenvalue weighted by atomic mass is 10.0. The Kier molecular flexibility index (Phi) is 4.49. The van der Waals surface area contributed by atoms with E-state index in [0.717, 1.165) is 66.1 Å². The largest absolute Gasteiger partial charge is 0.399 e. The van der Waals surface area contributed by atoms with Crippen LogP contribution in [0.25, 0.3) is 22.1 Å². The minimum atomic E-state index is -0.623. The summed E-state index contributed by atoms with van der Waals surface area (Å²) in [5.41, 5.74) is 10.8. The van der Waals surface area contributed by atoms with Gasteiger partial charge >= 0.3 is 0 Å². The van der Waals surface area contributed by atoms with E-state index < -0.39 is 6.10 Å². The first-order valence-corrected chi connectivity index (χ1v) is 10.2. The minimum absolute atomic E-state index is 0.308. The number of nitrogens with two attached hydrogens (primary N) is 1. The summed E-state index contributed by atoms with van der Waals surface area (Å²) in [6, 6.07) is 10.5. The molecule has 3 aromatic heterocycles. The van der Waals surface area contributed by atoms with Gasteiger partial charge < -0.3 is 20.4 Å². The van der Waals surface area contributed by atoms with Crippen molar-refractivity contribution in [2.24, 2.45) is 0 Å². The maximum atomic E-state index is 10.4. The number of hydrogen-bond acceptors (Lipinski definition) is 5. The summed E-state index contributed by atoms with van der Waals surface area (Å²) >= 11 is 0. The van der Waals surface area contributed by atoms with Crippen LogP contribution >= 0.6 is 0 Å². The molecule has 0 spiro atoms. The SMILES string of the molecule is CC(O)c1nc2cnc3[nH]ccc3c2n1C1CCN(Cc2cccc(N)c2)CC1. The number of likely N-dealkylation sites (tertiary alicyclic amines) is 1. The molecule has 1 aliphatic heterocycles. The fourth-order valence-corrected chi connectivity index (χ4v) is 4.56. The Morgan fingerprint density at radius 2 is 2.10 bits per heavy atom. The van der Waals surface area contributed by atoms with E-state index in [1.165, 1.54) is 5.56 Å². The predicted molar refractivity (Wildman–Crippen MR) is 114 cm³/mol. The summed E-state index contributed by atoms with van der Waals surface area (Å²) in [5.74, 6) is 0.727. The lowest BCUT2D eigenvalue weighted by Crippen LogP contribution is -2.34. The summed E-state index contributed by atoms with van der Waals surface area (Å²) in [7, 11) is 0. The van der Waals surface area contributed by atoms with Crippen molar-refractivity contribution < 1.29 is 5.11 Å². The molecule has 4 heterocycles. The number of nitrogen functional groups attached to an aromatic ring is 1. The maximum Gasteiger partial charge on any atom is 0.139 e. The van der Waals surface area contributed by atoms with E-state index >= 15 is 0 Å². The second-order valence-electron chi connectivity index (χ2n) is 8.00. The van der Waals surface area contributed by atoms with E-state index in [9.17, 15) is 5.11 Å². The third kappa shape index (κ3) is 3.26. The average Bonchev–Trinajstić information content (AvgIpc) is 3.33. The normalized spacial score (nSPS) is 17.3. The molecule has 0 radical (unpaired) electrons. The van der Waals surface area contributed by atoms with Gasteiger partial charge in [-0.15, -0.1) is 0 Å². The number of aliphatic hydroxyl groups is 1. The van der Waals surface area contributed by atoms with Crippen LogP contribution in [0.5, 0.6) is 0 Å². The number of pyridine rings is 1. The van der Waals surface area contributed by atoms with Gasteiger partial charge in [-0.25, -0.2) is 9.97 Å². The number of rotatable bonds is 4. The molecule has 4 N–H and O–H groups in total. The quantitative estimate of drug-likeness (QED) is 0.464. The number of nitrogens with zero attached hydrogens (tertiary/aromatic N) is 4. The number of hydrogen-bond donors (Lipinski definition) is 3. The van der Waals surface area contributed by atoms with E-state index in [4.69, 9.17) is 10.7 Å². The summed E-state index contributed by atoms with van der Waals surface area (Å²) in [6.45, 7) is 4.70. The molecular weight excluding hydrogens is 364 g/mol. The molecule has 4 aromatic rings. The molecule has 7 heteroatoms. The molecule has 1 saturated heterocycles. The van der Waals surface area contributed by atoms with Gasteiger partial charge in [-0.05, 0) is 43.5 Å². The van der Waals surface area contributed by atoms with Crippen molar-refractivity contribution in [1.29, 1.82) is 0 Å². The fourth-order valence-electron chi connectivity index (χ4n) is 4.56. The Hall–Kier alpha value is -2.90. The van der Waals surface area contributed by atoms with E-state index in [1.807, 2.05) is 24.4 Å². The number of imidazole rings is 1. The standard InChI is InChI=1S/C22H26N6O/c1-14(29)22-26-19-12-25-21-18(5-8-24-21)20(19)28(22)17-6-9-27(10-7-17)13-15-3-2-4-16(23)11-15/h2-5,8,11-12,14,17,29H,6-7,9-10,13,23H2,1H3,(H,24,25). The molecule has 0 saturated carbocycles. The first-order chi connectivity index (χ1) is 14.1. The monoisotopic (exact) mass is 390 g/mol. The van der Waals surface area contributed by atoms with Gasteiger partial charge in [0, 0.05) is 42.9 Å². The molecule has 0 bridgehead atoms. The Balaban J connectivity index is 1.44. The fraction of sp³-hybridized carbons (Fsp3) is 0.364. The summed E-state index contributed by atoms with van der Waals surface area (Å²) in [4.78, 5) is 14.8.